The van der Waals surface area contributed by atoms with Crippen molar-refractivity contribution in [3.63, 3.8) is 0 Å². The number of nitrogens with zero attached hydrogens (tertiary/aromatic N) is 2. The molecule has 0 aromatic heterocycles. The number of benzene rings is 1. The van der Waals surface area contributed by atoms with Crippen LogP contribution in [0.15, 0.2) is 45.6 Å². The molecule has 1 fully saturated rings. The number of carbonyl (C=O) groups excluding carboxylic acids is 2. The first kappa shape index (κ1) is 23.2. The summed E-state index contributed by atoms with van der Waals surface area (Å²) in [5.41, 5.74) is 2.60. The van der Waals surface area contributed by atoms with Crippen molar-refractivity contribution in [2.75, 3.05) is 27.9 Å². The normalized spacial score (nSPS) is 19.5. The number of ether oxygens (including phenoxy) is 3. The summed E-state index contributed by atoms with van der Waals surface area (Å²) < 4.78 is 16.4. The Balaban J connectivity index is 1.77. The summed E-state index contributed by atoms with van der Waals surface area (Å²) in [5.74, 6) is 1.18. The molecule has 1 unspecified atom stereocenters. The molecule has 4 rings (SSSR count). The molecule has 2 aliphatic heterocycles. The number of carbonyl (C=O) groups is 2. The van der Waals surface area contributed by atoms with Gasteiger partial charge in [-0.2, -0.15) is 0 Å². The SMILES string of the molecule is CCC1=C(C(=O)OC)C(c2cccc(OC)c2OC)N2C(CC(=O)NCC3CC3)=CSC2=N1. The molecule has 1 N–H and O–H groups in total. The van der Waals surface area contributed by atoms with Crippen LogP contribution in [0.4, 0.5) is 0 Å². The summed E-state index contributed by atoms with van der Waals surface area (Å²) in [6.45, 7) is 2.66. The molecule has 9 heteroatoms. The molecule has 1 aliphatic carbocycles. The van der Waals surface area contributed by atoms with Crippen molar-refractivity contribution in [3.05, 3.63) is 46.1 Å². The number of fused-ring (bicyclic) bond motifs is 1. The van der Waals surface area contributed by atoms with E-state index in [1.54, 1.807) is 14.2 Å². The highest BCUT2D eigenvalue weighted by Gasteiger charge is 2.43. The first-order valence-corrected chi connectivity index (χ1v) is 11.9. The minimum Gasteiger partial charge on any atom is -0.493 e. The third-order valence-electron chi connectivity index (χ3n) is 5.98. The van der Waals surface area contributed by atoms with Crippen molar-refractivity contribution in [1.82, 2.24) is 10.2 Å². The molecule has 1 atom stereocenters. The van der Waals surface area contributed by atoms with E-state index < -0.39 is 12.0 Å². The number of allylic oxidation sites excluding steroid dienone is 1. The summed E-state index contributed by atoms with van der Waals surface area (Å²) in [5, 5.41) is 5.68. The van der Waals surface area contributed by atoms with Crippen LogP contribution in [0.25, 0.3) is 0 Å². The third kappa shape index (κ3) is 4.59. The molecule has 1 amide bonds. The van der Waals surface area contributed by atoms with Gasteiger partial charge in [0.15, 0.2) is 16.7 Å². The largest absolute Gasteiger partial charge is 0.493 e. The Morgan fingerprint density at radius 3 is 2.64 bits per heavy atom. The average Bonchev–Trinajstić information content (AvgIpc) is 3.60. The van der Waals surface area contributed by atoms with Crippen LogP contribution in [-0.2, 0) is 14.3 Å². The summed E-state index contributed by atoms with van der Waals surface area (Å²) in [6.07, 6.45) is 3.10. The fourth-order valence-electron chi connectivity index (χ4n) is 4.14. The van der Waals surface area contributed by atoms with Gasteiger partial charge in [0.25, 0.3) is 0 Å². The minimum absolute atomic E-state index is 0.0451. The average molecular weight is 472 g/mol. The Kier molecular flexibility index (Phi) is 6.97. The zero-order valence-electron chi connectivity index (χ0n) is 19.3. The zero-order valence-corrected chi connectivity index (χ0v) is 20.2. The second-order valence-corrected chi connectivity index (χ2v) is 8.94. The van der Waals surface area contributed by atoms with E-state index in [-0.39, 0.29) is 12.3 Å². The smallest absolute Gasteiger partial charge is 0.338 e. The lowest BCUT2D eigenvalue weighted by Gasteiger charge is -2.37. The van der Waals surface area contributed by atoms with Crippen LogP contribution in [0.3, 0.4) is 0 Å². The maximum absolute atomic E-state index is 13.0. The van der Waals surface area contributed by atoms with Gasteiger partial charge in [-0.1, -0.05) is 30.8 Å². The second kappa shape index (κ2) is 9.91. The molecule has 1 saturated carbocycles. The van der Waals surface area contributed by atoms with Gasteiger partial charge in [0, 0.05) is 17.8 Å². The minimum atomic E-state index is -0.567. The Hall–Kier alpha value is -2.94. The van der Waals surface area contributed by atoms with Crippen LogP contribution in [0.2, 0.25) is 0 Å². The van der Waals surface area contributed by atoms with Crippen molar-refractivity contribution >= 4 is 28.8 Å². The lowest BCUT2D eigenvalue weighted by Crippen LogP contribution is -2.38. The van der Waals surface area contributed by atoms with E-state index in [9.17, 15) is 9.59 Å². The van der Waals surface area contributed by atoms with Crippen molar-refractivity contribution in [1.29, 1.82) is 0 Å². The van der Waals surface area contributed by atoms with E-state index in [1.807, 2.05) is 35.4 Å². The van der Waals surface area contributed by atoms with Crippen LogP contribution < -0.4 is 14.8 Å². The number of hydrogen-bond donors (Lipinski definition) is 1. The first-order chi connectivity index (χ1) is 16.0. The Morgan fingerprint density at radius 2 is 2.00 bits per heavy atom. The standard InChI is InChI=1S/C24H29N3O5S/c1-5-17-20(23(29)32-4)21(16-7-6-8-18(30-2)22(16)31-3)27-15(13-33-24(27)26-17)11-19(28)25-12-14-9-10-14/h6-8,13-14,21H,5,9-12H2,1-4H3,(H,25,28). The number of nitrogens with one attached hydrogen (secondary N) is 1. The number of esters is 1. The number of methoxy groups -OCH3 is 3. The maximum Gasteiger partial charge on any atom is 0.338 e. The van der Waals surface area contributed by atoms with E-state index in [1.165, 1.54) is 31.7 Å². The van der Waals surface area contributed by atoms with Crippen molar-refractivity contribution in [2.45, 2.75) is 38.6 Å². The molecule has 2 heterocycles. The van der Waals surface area contributed by atoms with E-state index in [0.29, 0.717) is 41.7 Å². The van der Waals surface area contributed by atoms with Crippen LogP contribution in [0.5, 0.6) is 11.5 Å². The van der Waals surface area contributed by atoms with Crippen molar-refractivity contribution in [3.8, 4) is 11.5 Å². The highest BCUT2D eigenvalue weighted by molar-refractivity contribution is 8.16. The lowest BCUT2D eigenvalue weighted by molar-refractivity contribution is -0.136. The Labute approximate surface area is 198 Å². The van der Waals surface area contributed by atoms with Gasteiger partial charge in [-0.25, -0.2) is 9.79 Å². The fourth-order valence-corrected chi connectivity index (χ4v) is 5.08. The highest BCUT2D eigenvalue weighted by Crippen LogP contribution is 2.49. The second-order valence-electron chi connectivity index (χ2n) is 8.11. The molecule has 8 nitrogen and oxygen atoms in total. The monoisotopic (exact) mass is 471 g/mol. The predicted octanol–water partition coefficient (Wildman–Crippen LogP) is 3.76. The van der Waals surface area contributed by atoms with E-state index in [0.717, 1.165) is 16.4 Å². The van der Waals surface area contributed by atoms with Gasteiger partial charge in [-0.3, -0.25) is 4.79 Å². The van der Waals surface area contributed by atoms with Gasteiger partial charge < -0.3 is 24.4 Å². The van der Waals surface area contributed by atoms with Gasteiger partial charge >= 0.3 is 5.97 Å². The molecule has 1 aromatic carbocycles. The maximum atomic E-state index is 13.0. The van der Waals surface area contributed by atoms with E-state index in [2.05, 4.69) is 5.32 Å². The zero-order chi connectivity index (χ0) is 23.5. The molecular weight excluding hydrogens is 442 g/mol. The number of para-hydroxylation sites is 1. The summed E-state index contributed by atoms with van der Waals surface area (Å²) in [4.78, 5) is 32.4. The topological polar surface area (TPSA) is 89.5 Å². The van der Waals surface area contributed by atoms with Gasteiger partial charge in [0.05, 0.1) is 45.1 Å². The Morgan fingerprint density at radius 1 is 1.21 bits per heavy atom. The van der Waals surface area contributed by atoms with Gasteiger partial charge in [0.1, 0.15) is 0 Å². The molecule has 33 heavy (non-hydrogen) atoms. The van der Waals surface area contributed by atoms with Gasteiger partial charge in [-0.15, -0.1) is 0 Å². The highest BCUT2D eigenvalue weighted by atomic mass is 32.2. The molecular formula is C24H29N3O5S. The number of rotatable bonds is 9. The van der Waals surface area contributed by atoms with Gasteiger partial charge in [0.2, 0.25) is 5.91 Å². The number of thioether (sulfide) groups is 1. The molecule has 0 saturated heterocycles. The fraction of sp³-hybridized carbons (Fsp3) is 0.458. The van der Waals surface area contributed by atoms with Crippen LogP contribution >= 0.6 is 11.8 Å². The summed E-state index contributed by atoms with van der Waals surface area (Å²) in [7, 11) is 4.51. The van der Waals surface area contributed by atoms with Crippen molar-refractivity contribution < 1.29 is 23.8 Å². The molecule has 0 bridgehead atoms. The van der Waals surface area contributed by atoms with Crippen molar-refractivity contribution in [2.24, 2.45) is 10.9 Å². The summed E-state index contributed by atoms with van der Waals surface area (Å²) in [6, 6.07) is 5.00. The molecule has 0 radical (unpaired) electrons. The third-order valence-corrected chi connectivity index (χ3v) is 6.87. The molecule has 0 spiro atoms. The van der Waals surface area contributed by atoms with Crippen LogP contribution in [0.1, 0.15) is 44.2 Å². The van der Waals surface area contributed by atoms with Crippen LogP contribution in [0, 0.1) is 5.92 Å². The van der Waals surface area contributed by atoms with Gasteiger partial charge in [-0.05, 0) is 36.7 Å². The van der Waals surface area contributed by atoms with E-state index in [4.69, 9.17) is 19.2 Å². The lowest BCUT2D eigenvalue weighted by atomic mass is 9.92. The number of aliphatic imine (C=N–C) groups is 1. The summed E-state index contributed by atoms with van der Waals surface area (Å²) >= 11 is 1.45. The van der Waals surface area contributed by atoms with Crippen LogP contribution in [-0.4, -0.2) is 49.8 Å². The predicted molar refractivity (Wildman–Crippen MR) is 127 cm³/mol. The number of amidine groups is 1. The van der Waals surface area contributed by atoms with E-state index >= 15 is 0 Å². The Bertz CT molecular complexity index is 1040. The quantitative estimate of drug-likeness (QED) is 0.549. The molecule has 176 valence electrons. The molecule has 3 aliphatic rings. The first-order valence-electron chi connectivity index (χ1n) is 11.0. The molecule has 1 aromatic rings. The number of hydrogen-bond acceptors (Lipinski definition) is 8. The number of amides is 1.